The zero-order valence-electron chi connectivity index (χ0n) is 16.0. The molecule has 2 saturated heterocycles. The van der Waals surface area contributed by atoms with E-state index in [0.717, 1.165) is 44.8 Å². The van der Waals surface area contributed by atoms with Crippen LogP contribution in [0.15, 0.2) is 6.07 Å². The molecule has 6 heteroatoms. The van der Waals surface area contributed by atoms with Gasteiger partial charge in [0, 0.05) is 36.6 Å². The molecular weight excluding hydrogens is 344 g/mol. The molecule has 0 radical (unpaired) electrons. The van der Waals surface area contributed by atoms with Crippen molar-refractivity contribution in [1.82, 2.24) is 19.7 Å². The number of aryl methyl sites for hydroxylation is 1. The van der Waals surface area contributed by atoms with E-state index >= 15 is 0 Å². The van der Waals surface area contributed by atoms with Gasteiger partial charge in [-0.3, -0.25) is 9.69 Å². The van der Waals surface area contributed by atoms with Crippen LogP contribution >= 0.6 is 11.3 Å². The van der Waals surface area contributed by atoms with E-state index in [1.165, 1.54) is 53.0 Å². The summed E-state index contributed by atoms with van der Waals surface area (Å²) < 4.78 is 1.23. The summed E-state index contributed by atoms with van der Waals surface area (Å²) in [5, 5.41) is 0. The van der Waals surface area contributed by atoms with Gasteiger partial charge in [0.1, 0.15) is 5.69 Å². The second-order valence-corrected chi connectivity index (χ2v) is 9.10. The Kier molecular flexibility index (Phi) is 5.34. The van der Waals surface area contributed by atoms with Crippen LogP contribution in [0.25, 0.3) is 10.2 Å². The highest BCUT2D eigenvalue weighted by molar-refractivity contribution is 7.19. The van der Waals surface area contributed by atoms with E-state index in [-0.39, 0.29) is 5.91 Å². The SMILES string of the molecule is Cc1sc2cc(C(=O)N3CCCN(C)CC3)[nH]c2c1CN1CCCCC1. The number of hydrogen-bond acceptors (Lipinski definition) is 4. The van der Waals surface area contributed by atoms with Crippen molar-refractivity contribution in [3.05, 3.63) is 22.2 Å². The van der Waals surface area contributed by atoms with Crippen LogP contribution in [0.2, 0.25) is 0 Å². The number of carbonyl (C=O) groups excluding carboxylic acids is 1. The molecular formula is C20H30N4OS. The molecule has 0 spiro atoms. The number of likely N-dealkylation sites (N-methyl/N-ethyl adjacent to an activating group) is 1. The maximum absolute atomic E-state index is 13.0. The van der Waals surface area contributed by atoms with Crippen LogP contribution < -0.4 is 0 Å². The first-order chi connectivity index (χ1) is 12.6. The quantitative estimate of drug-likeness (QED) is 0.896. The Morgan fingerprint density at radius 3 is 2.69 bits per heavy atom. The third kappa shape index (κ3) is 3.68. The number of hydrogen-bond donors (Lipinski definition) is 1. The highest BCUT2D eigenvalue weighted by atomic mass is 32.1. The summed E-state index contributed by atoms with van der Waals surface area (Å²) in [5.74, 6) is 0.158. The van der Waals surface area contributed by atoms with E-state index in [1.807, 2.05) is 16.2 Å². The van der Waals surface area contributed by atoms with Gasteiger partial charge in [-0.2, -0.15) is 0 Å². The Balaban J connectivity index is 1.54. The molecule has 26 heavy (non-hydrogen) atoms. The standard InChI is InChI=1S/C20H30N4OS/c1-15-16(14-23-8-4-3-5-9-23)19-18(26-15)13-17(21-19)20(25)24-10-6-7-22(2)11-12-24/h13,21H,3-12,14H2,1-2H3. The number of likely N-dealkylation sites (tertiary alicyclic amines) is 1. The fraction of sp³-hybridized carbons (Fsp3) is 0.650. The molecule has 0 atom stereocenters. The van der Waals surface area contributed by atoms with Crippen molar-refractivity contribution in [2.45, 2.75) is 39.2 Å². The lowest BCUT2D eigenvalue weighted by atomic mass is 10.1. The van der Waals surface area contributed by atoms with E-state index in [2.05, 4.69) is 34.8 Å². The van der Waals surface area contributed by atoms with E-state index in [1.54, 1.807) is 0 Å². The summed E-state index contributed by atoms with van der Waals surface area (Å²) in [4.78, 5) is 24.7. The highest BCUT2D eigenvalue weighted by Gasteiger charge is 2.23. The lowest BCUT2D eigenvalue weighted by Crippen LogP contribution is -2.34. The zero-order valence-corrected chi connectivity index (χ0v) is 16.8. The largest absolute Gasteiger partial charge is 0.350 e. The summed E-state index contributed by atoms with van der Waals surface area (Å²) in [7, 11) is 2.13. The monoisotopic (exact) mass is 374 g/mol. The van der Waals surface area contributed by atoms with Gasteiger partial charge in [-0.25, -0.2) is 0 Å². The molecule has 0 saturated carbocycles. The van der Waals surface area contributed by atoms with Gasteiger partial charge in [-0.1, -0.05) is 6.42 Å². The van der Waals surface area contributed by atoms with Crippen molar-refractivity contribution in [1.29, 1.82) is 0 Å². The molecule has 1 N–H and O–H groups in total. The second kappa shape index (κ2) is 7.71. The smallest absolute Gasteiger partial charge is 0.270 e. The van der Waals surface area contributed by atoms with Crippen molar-refractivity contribution >= 4 is 27.5 Å². The molecule has 0 bridgehead atoms. The predicted molar refractivity (Wildman–Crippen MR) is 108 cm³/mol. The number of nitrogens with zero attached hydrogens (tertiary/aromatic N) is 3. The molecule has 0 unspecified atom stereocenters. The molecule has 4 heterocycles. The van der Waals surface area contributed by atoms with Crippen LogP contribution in [0, 0.1) is 6.92 Å². The maximum atomic E-state index is 13.0. The summed E-state index contributed by atoms with van der Waals surface area (Å²) in [6.07, 6.45) is 5.03. The van der Waals surface area contributed by atoms with Crippen LogP contribution in [0.3, 0.4) is 0 Å². The first-order valence-electron chi connectivity index (χ1n) is 9.93. The molecule has 2 aromatic heterocycles. The molecule has 2 fully saturated rings. The maximum Gasteiger partial charge on any atom is 0.270 e. The minimum absolute atomic E-state index is 0.158. The summed E-state index contributed by atoms with van der Waals surface area (Å²) >= 11 is 1.82. The van der Waals surface area contributed by atoms with Crippen LogP contribution in [0.5, 0.6) is 0 Å². The molecule has 5 nitrogen and oxygen atoms in total. The van der Waals surface area contributed by atoms with Gasteiger partial charge in [0.25, 0.3) is 5.91 Å². The summed E-state index contributed by atoms with van der Waals surface area (Å²) in [6, 6.07) is 2.07. The second-order valence-electron chi connectivity index (χ2n) is 7.84. The molecule has 142 valence electrons. The Bertz CT molecular complexity index is 774. The average Bonchev–Trinajstić information content (AvgIpc) is 3.08. The minimum Gasteiger partial charge on any atom is -0.350 e. The lowest BCUT2D eigenvalue weighted by Gasteiger charge is -2.26. The number of fused-ring (bicyclic) bond motifs is 1. The topological polar surface area (TPSA) is 42.6 Å². The number of amides is 1. The van der Waals surface area contributed by atoms with Gasteiger partial charge < -0.3 is 14.8 Å². The predicted octanol–water partition coefficient (Wildman–Crippen LogP) is 3.30. The van der Waals surface area contributed by atoms with Crippen molar-refractivity contribution in [3.63, 3.8) is 0 Å². The molecule has 2 aromatic rings. The molecule has 1 amide bonds. The fourth-order valence-electron chi connectivity index (χ4n) is 4.21. The van der Waals surface area contributed by atoms with Crippen LogP contribution in [-0.4, -0.2) is 71.9 Å². The molecule has 2 aliphatic heterocycles. The number of aromatic amines is 1. The van der Waals surface area contributed by atoms with Crippen molar-refractivity contribution in [2.75, 3.05) is 46.3 Å². The highest BCUT2D eigenvalue weighted by Crippen LogP contribution is 2.33. The van der Waals surface area contributed by atoms with Gasteiger partial charge in [0.15, 0.2) is 0 Å². The number of piperidine rings is 1. The number of thiophene rings is 1. The fourth-order valence-corrected chi connectivity index (χ4v) is 5.28. The molecule has 0 aliphatic carbocycles. The first-order valence-corrected chi connectivity index (χ1v) is 10.7. The number of rotatable bonds is 3. The third-order valence-electron chi connectivity index (χ3n) is 5.84. The van der Waals surface area contributed by atoms with E-state index in [0.29, 0.717) is 0 Å². The van der Waals surface area contributed by atoms with Crippen molar-refractivity contribution in [3.8, 4) is 0 Å². The normalized spacial score (nSPS) is 20.6. The number of aromatic nitrogens is 1. The van der Waals surface area contributed by atoms with Crippen LogP contribution in [0.1, 0.15) is 46.6 Å². The summed E-state index contributed by atoms with van der Waals surface area (Å²) in [6.45, 7) is 9.33. The van der Waals surface area contributed by atoms with Gasteiger partial charge in [0.2, 0.25) is 0 Å². The molecule has 2 aliphatic rings. The Morgan fingerprint density at radius 2 is 1.88 bits per heavy atom. The van der Waals surface area contributed by atoms with E-state index in [4.69, 9.17) is 0 Å². The number of nitrogens with one attached hydrogen (secondary N) is 1. The zero-order chi connectivity index (χ0) is 18.1. The van der Waals surface area contributed by atoms with E-state index in [9.17, 15) is 4.79 Å². The Hall–Kier alpha value is -1.37. The third-order valence-corrected chi connectivity index (χ3v) is 6.93. The van der Waals surface area contributed by atoms with Gasteiger partial charge in [-0.15, -0.1) is 11.3 Å². The summed E-state index contributed by atoms with van der Waals surface area (Å²) in [5.41, 5.74) is 3.34. The van der Waals surface area contributed by atoms with Crippen LogP contribution in [0.4, 0.5) is 0 Å². The van der Waals surface area contributed by atoms with Crippen molar-refractivity contribution < 1.29 is 4.79 Å². The Labute approximate surface area is 160 Å². The van der Waals surface area contributed by atoms with Gasteiger partial charge in [-0.05, 0) is 58.9 Å². The van der Waals surface area contributed by atoms with Gasteiger partial charge in [0.05, 0.1) is 10.2 Å². The van der Waals surface area contributed by atoms with Crippen molar-refractivity contribution in [2.24, 2.45) is 0 Å². The minimum atomic E-state index is 0.158. The average molecular weight is 375 g/mol. The van der Waals surface area contributed by atoms with Crippen LogP contribution in [-0.2, 0) is 6.54 Å². The molecule has 4 rings (SSSR count). The van der Waals surface area contributed by atoms with Gasteiger partial charge >= 0.3 is 0 Å². The lowest BCUT2D eigenvalue weighted by molar-refractivity contribution is 0.0758. The first kappa shape index (κ1) is 18.0. The molecule has 0 aromatic carbocycles. The Morgan fingerprint density at radius 1 is 1.08 bits per heavy atom. The number of carbonyl (C=O) groups is 1. The number of H-pyrrole nitrogens is 1. The van der Waals surface area contributed by atoms with E-state index < -0.39 is 0 Å².